The fourth-order valence-electron chi connectivity index (χ4n) is 8.85. The molecule has 0 radical (unpaired) electrons. The monoisotopic (exact) mass is 1140 g/mol. The third-order valence-electron chi connectivity index (χ3n) is 13.8. The first-order valence-corrected chi connectivity index (χ1v) is 34.1. The second-order valence-corrected chi connectivity index (χ2v) is 24.1. The number of quaternary nitrogens is 1. The molecule has 0 saturated heterocycles. The molecule has 0 saturated carbocycles. The Morgan fingerprint density at radius 1 is 0.388 bits per heavy atom. The molecule has 9 nitrogen and oxygen atoms in total. The quantitative estimate of drug-likeness (QED) is 0.0195. The summed E-state index contributed by atoms with van der Waals surface area (Å²) in [5.74, 6) is -0.868. The Labute approximate surface area is 493 Å². The molecule has 10 heteroatoms. The summed E-state index contributed by atoms with van der Waals surface area (Å²) in [5.41, 5.74) is 0. The van der Waals surface area contributed by atoms with Gasteiger partial charge in [0.05, 0.1) is 27.7 Å². The number of likely N-dealkylation sites (N-methyl/N-ethyl adjacent to an activating group) is 1. The van der Waals surface area contributed by atoms with E-state index in [2.05, 4.69) is 123 Å². The van der Waals surface area contributed by atoms with Crippen LogP contribution in [0.1, 0.15) is 271 Å². The third kappa shape index (κ3) is 63.8. The van der Waals surface area contributed by atoms with Crippen molar-refractivity contribution in [1.29, 1.82) is 0 Å². The molecular formula is C70H122NO8P. The Hall–Kier alpha value is -3.33. The average molecular weight is 1140 g/mol. The van der Waals surface area contributed by atoms with E-state index >= 15 is 0 Å². The number of hydrogen-bond donors (Lipinski definition) is 0. The van der Waals surface area contributed by atoms with Crippen LogP contribution in [0, 0.1) is 0 Å². The van der Waals surface area contributed by atoms with Crippen LogP contribution in [0.2, 0.25) is 0 Å². The minimum absolute atomic E-state index is 0.0410. The van der Waals surface area contributed by atoms with E-state index < -0.39 is 32.5 Å². The van der Waals surface area contributed by atoms with Crippen molar-refractivity contribution in [1.82, 2.24) is 0 Å². The number of allylic oxidation sites excluding steroid dienone is 18. The lowest BCUT2D eigenvalue weighted by molar-refractivity contribution is -0.870. The van der Waals surface area contributed by atoms with Gasteiger partial charge >= 0.3 is 11.9 Å². The van der Waals surface area contributed by atoms with Gasteiger partial charge in [-0.3, -0.25) is 14.2 Å². The zero-order chi connectivity index (χ0) is 58.4. The van der Waals surface area contributed by atoms with Crippen LogP contribution in [0.3, 0.4) is 0 Å². The molecule has 0 aromatic heterocycles. The van der Waals surface area contributed by atoms with Crippen molar-refractivity contribution in [2.45, 2.75) is 277 Å². The van der Waals surface area contributed by atoms with Crippen molar-refractivity contribution in [3.05, 3.63) is 109 Å². The zero-order valence-electron chi connectivity index (χ0n) is 52.2. The summed E-state index contributed by atoms with van der Waals surface area (Å²) >= 11 is 0. The van der Waals surface area contributed by atoms with E-state index in [0.717, 1.165) is 96.3 Å². The minimum atomic E-state index is -4.65. The normalized spacial score (nSPS) is 13.9. The van der Waals surface area contributed by atoms with E-state index in [-0.39, 0.29) is 26.1 Å². The molecule has 0 spiro atoms. The van der Waals surface area contributed by atoms with Gasteiger partial charge in [0.15, 0.2) is 6.10 Å². The molecule has 0 aliphatic rings. The van der Waals surface area contributed by atoms with Gasteiger partial charge in [0.1, 0.15) is 19.8 Å². The summed E-state index contributed by atoms with van der Waals surface area (Å²) in [4.78, 5) is 37.9. The highest BCUT2D eigenvalue weighted by molar-refractivity contribution is 7.45. The first-order valence-electron chi connectivity index (χ1n) is 32.6. The van der Waals surface area contributed by atoms with Crippen molar-refractivity contribution in [2.24, 2.45) is 0 Å². The van der Waals surface area contributed by atoms with Crippen LogP contribution in [-0.2, 0) is 32.7 Å². The van der Waals surface area contributed by atoms with Crippen molar-refractivity contribution >= 4 is 19.8 Å². The van der Waals surface area contributed by atoms with Crippen molar-refractivity contribution in [2.75, 3.05) is 47.5 Å². The maximum absolute atomic E-state index is 12.8. The van der Waals surface area contributed by atoms with E-state index in [1.807, 2.05) is 21.1 Å². The van der Waals surface area contributed by atoms with Gasteiger partial charge in [-0.15, -0.1) is 0 Å². The third-order valence-corrected chi connectivity index (χ3v) is 14.8. The summed E-state index contributed by atoms with van der Waals surface area (Å²) in [7, 11) is 1.14. The van der Waals surface area contributed by atoms with E-state index in [0.29, 0.717) is 17.4 Å². The fourth-order valence-corrected chi connectivity index (χ4v) is 9.58. The number of ether oxygens (including phenoxy) is 2. The summed E-state index contributed by atoms with van der Waals surface area (Å²) < 4.78 is 34.2. The predicted octanol–water partition coefficient (Wildman–Crippen LogP) is 20.3. The number of phosphoric acid groups is 1. The summed E-state index contributed by atoms with van der Waals surface area (Å²) in [6.45, 7) is 3.98. The van der Waals surface area contributed by atoms with E-state index in [9.17, 15) is 19.0 Å². The number of rotatable bonds is 59. The number of hydrogen-bond acceptors (Lipinski definition) is 8. The SMILES string of the molecule is CC/C=C\C/C=C\C/C=C\C/C=C\C/C=C\CCCCCC(=O)OC(COC(=O)CCCCCCCCCCCCCCCCCCCCCCCCCC/C=C\C/C=C\C/C=C\C/C=C\CC)COP(=O)([O-])OCC[N+](C)(C)C. The summed E-state index contributed by atoms with van der Waals surface area (Å²) in [5, 5.41) is 0. The fraction of sp³-hybridized carbons (Fsp3) is 0.714. The van der Waals surface area contributed by atoms with Gasteiger partial charge in [-0.1, -0.05) is 271 Å². The Balaban J connectivity index is 4.00. The molecule has 2 atom stereocenters. The standard InChI is InChI=1S/C70H122NO8P/c1-6-8-10-12-14-16-18-20-22-24-26-27-28-29-30-31-32-33-34-35-36-37-38-39-40-41-42-43-45-46-48-50-52-54-56-58-60-62-69(72)76-66-68(67-78-80(74,75)77-65-64-71(3,4)5)79-70(73)63-61-59-57-55-53-51-49-47-44-25-23-21-19-17-15-13-11-9-7-2/h8-11,14-17,20-23,26-27,44,47,51,53,68H,6-7,12-13,18-19,24-25,28-43,45-46,48-50,52,54-67H2,1-5H3/b10-8-,11-9-,16-14-,17-15-,22-20-,23-21-,27-26-,47-44-,53-51-. The van der Waals surface area contributed by atoms with Crippen LogP contribution >= 0.6 is 7.82 Å². The van der Waals surface area contributed by atoms with E-state index in [4.69, 9.17) is 18.5 Å². The van der Waals surface area contributed by atoms with Gasteiger partial charge in [0.25, 0.3) is 7.82 Å². The maximum Gasteiger partial charge on any atom is 0.306 e. The van der Waals surface area contributed by atoms with Gasteiger partial charge in [0.2, 0.25) is 0 Å². The first kappa shape index (κ1) is 76.7. The van der Waals surface area contributed by atoms with Crippen LogP contribution in [0.15, 0.2) is 109 Å². The number of carbonyl (C=O) groups is 2. The van der Waals surface area contributed by atoms with E-state index in [1.54, 1.807) is 0 Å². The molecule has 0 aromatic carbocycles. The molecule has 0 aliphatic carbocycles. The molecule has 80 heavy (non-hydrogen) atoms. The largest absolute Gasteiger partial charge is 0.756 e. The Kier molecular flexibility index (Phi) is 57.8. The Bertz CT molecular complexity index is 1720. The molecule has 2 unspecified atom stereocenters. The highest BCUT2D eigenvalue weighted by atomic mass is 31.2. The number of phosphoric ester groups is 1. The van der Waals surface area contributed by atoms with Gasteiger partial charge < -0.3 is 27.9 Å². The van der Waals surface area contributed by atoms with Crippen LogP contribution in [0.25, 0.3) is 0 Å². The number of nitrogens with zero attached hydrogens (tertiary/aromatic N) is 1. The number of esters is 2. The average Bonchev–Trinajstić information content (AvgIpc) is 3.42. The Morgan fingerprint density at radius 2 is 0.675 bits per heavy atom. The second-order valence-electron chi connectivity index (χ2n) is 22.7. The smallest absolute Gasteiger partial charge is 0.306 e. The zero-order valence-corrected chi connectivity index (χ0v) is 53.1. The maximum atomic E-state index is 12.8. The lowest BCUT2D eigenvalue weighted by Crippen LogP contribution is -2.37. The molecule has 0 N–H and O–H groups in total. The molecule has 0 bridgehead atoms. The van der Waals surface area contributed by atoms with Crippen LogP contribution < -0.4 is 4.89 Å². The van der Waals surface area contributed by atoms with Gasteiger partial charge in [-0.05, 0) is 96.3 Å². The highest BCUT2D eigenvalue weighted by Gasteiger charge is 2.22. The van der Waals surface area contributed by atoms with Crippen molar-refractivity contribution < 1.29 is 42.1 Å². The lowest BCUT2D eigenvalue weighted by atomic mass is 10.0. The lowest BCUT2D eigenvalue weighted by Gasteiger charge is -2.28. The topological polar surface area (TPSA) is 111 Å². The molecule has 0 amide bonds. The molecule has 0 heterocycles. The first-order chi connectivity index (χ1) is 39.0. The van der Waals surface area contributed by atoms with Crippen molar-refractivity contribution in [3.8, 4) is 0 Å². The molecule has 0 aromatic rings. The van der Waals surface area contributed by atoms with Gasteiger partial charge in [0, 0.05) is 12.8 Å². The second kappa shape index (κ2) is 60.3. The van der Waals surface area contributed by atoms with Crippen LogP contribution in [0.4, 0.5) is 0 Å². The Morgan fingerprint density at radius 3 is 1.01 bits per heavy atom. The predicted molar refractivity (Wildman–Crippen MR) is 342 cm³/mol. The van der Waals surface area contributed by atoms with E-state index in [1.165, 1.54) is 141 Å². The van der Waals surface area contributed by atoms with Gasteiger partial charge in [-0.25, -0.2) is 0 Å². The molecule has 0 rings (SSSR count). The summed E-state index contributed by atoms with van der Waals surface area (Å²) in [6, 6.07) is 0. The molecule has 0 fully saturated rings. The van der Waals surface area contributed by atoms with Crippen molar-refractivity contribution in [3.63, 3.8) is 0 Å². The number of carbonyl (C=O) groups excluding carboxylic acids is 2. The molecular weight excluding hydrogens is 1010 g/mol. The number of unbranched alkanes of at least 4 members (excludes halogenated alkanes) is 27. The van der Waals surface area contributed by atoms with Crippen LogP contribution in [-0.4, -0.2) is 70.0 Å². The molecule has 0 aliphatic heterocycles. The minimum Gasteiger partial charge on any atom is -0.756 e. The van der Waals surface area contributed by atoms with Crippen LogP contribution in [0.5, 0.6) is 0 Å². The molecule has 460 valence electrons. The van der Waals surface area contributed by atoms with Gasteiger partial charge in [-0.2, -0.15) is 0 Å². The summed E-state index contributed by atoms with van der Waals surface area (Å²) in [6.07, 6.45) is 84.6. The highest BCUT2D eigenvalue weighted by Crippen LogP contribution is 2.38.